The van der Waals surface area contributed by atoms with Gasteiger partial charge >= 0.3 is 0 Å². The van der Waals surface area contributed by atoms with E-state index in [2.05, 4.69) is 6.58 Å². The summed E-state index contributed by atoms with van der Waals surface area (Å²) < 4.78 is 0. The lowest BCUT2D eigenvalue weighted by Crippen LogP contribution is -1.43. The van der Waals surface area contributed by atoms with Crippen molar-refractivity contribution in [3.63, 3.8) is 0 Å². The van der Waals surface area contributed by atoms with Crippen LogP contribution in [0.3, 0.4) is 0 Å². The summed E-state index contributed by atoms with van der Waals surface area (Å²) in [5.74, 6) is 0. The molecule has 0 saturated carbocycles. The quantitative estimate of drug-likeness (QED) is 0.373. The highest BCUT2D eigenvalue weighted by atomic mass is 13.6. The summed E-state index contributed by atoms with van der Waals surface area (Å²) >= 11 is 0. The lowest BCUT2D eigenvalue weighted by atomic mass is 10.4. The smallest absolute Gasteiger partial charge is 0 e. The monoisotopic (exact) mass is 58.1 g/mol. The van der Waals surface area contributed by atoms with Crippen LogP contribution in [-0.4, -0.2) is 0 Å². The van der Waals surface area contributed by atoms with E-state index < -0.39 is 0 Å². The highest BCUT2D eigenvalue weighted by Gasteiger charge is 1.51. The molecule has 0 saturated heterocycles. The largest absolute Gasteiger partial charge is 0.100 e. The third-order valence-electron chi connectivity index (χ3n) is 0. The van der Waals surface area contributed by atoms with Gasteiger partial charge in [0.05, 0.1) is 0 Å². The Morgan fingerprint density at radius 3 is 1.75 bits per heavy atom. The van der Waals surface area contributed by atoms with Crippen LogP contribution in [0.5, 0.6) is 0 Å². The van der Waals surface area contributed by atoms with Crippen LogP contribution >= 0.6 is 0 Å². The molecule has 0 fully saturated rings. The molecule has 0 radical (unpaired) electrons. The summed E-state index contributed by atoms with van der Waals surface area (Å²) in [6, 6.07) is 0. The lowest BCUT2D eigenvalue weighted by molar-refractivity contribution is 1.42. The molecule has 0 aromatic carbocycles. The zero-order valence-electron chi connectivity index (χ0n) is 3.21. The minimum atomic E-state index is 0. The van der Waals surface area contributed by atoms with Crippen molar-refractivity contribution in [2.24, 2.45) is 0 Å². The lowest BCUT2D eigenvalue weighted by Gasteiger charge is -1.65. The molecule has 0 N–H and O–H groups in total. The predicted molar refractivity (Wildman–Crippen MR) is 22.6 cm³/mol. The van der Waals surface area contributed by atoms with Gasteiger partial charge < -0.3 is 0 Å². The molecule has 0 amide bonds. The van der Waals surface area contributed by atoms with Crippen molar-refractivity contribution in [1.29, 1.82) is 0 Å². The fraction of sp³-hybridized carbons (Fsp3) is 0.500. The van der Waals surface area contributed by atoms with E-state index in [1.807, 2.05) is 13.8 Å². The molecule has 0 aromatic heterocycles. The van der Waals surface area contributed by atoms with Crippen molar-refractivity contribution in [3.05, 3.63) is 12.2 Å². The summed E-state index contributed by atoms with van der Waals surface area (Å²) in [4.78, 5) is 0. The van der Waals surface area contributed by atoms with Gasteiger partial charge in [-0.3, -0.25) is 0 Å². The zero-order valence-corrected chi connectivity index (χ0v) is 3.21. The Morgan fingerprint density at radius 1 is 1.75 bits per heavy atom. The van der Waals surface area contributed by atoms with Crippen LogP contribution in [0, 0.1) is 0 Å². The molecule has 0 aliphatic carbocycles. The van der Waals surface area contributed by atoms with Gasteiger partial charge in [-0.2, -0.15) is 0 Å². The first kappa shape index (κ1) is 3.74. The average Bonchev–Trinajstić information content (AvgIpc) is 0.811. The van der Waals surface area contributed by atoms with Gasteiger partial charge in [0.2, 0.25) is 0 Å². The first-order valence-electron chi connectivity index (χ1n) is 1.35. The molecule has 0 aliphatic heterocycles. The second kappa shape index (κ2) is 1.10. The minimum absolute atomic E-state index is 0. The Morgan fingerprint density at radius 2 is 1.75 bits per heavy atom. The molecular formula is C4H10. The van der Waals surface area contributed by atoms with Gasteiger partial charge in [-0.1, -0.05) is 5.57 Å². The number of rotatable bonds is 0. The first-order valence-corrected chi connectivity index (χ1v) is 1.35. The number of hydrogen-bond donors (Lipinski definition) is 0. The van der Waals surface area contributed by atoms with E-state index in [-0.39, 0.29) is 1.43 Å². The molecule has 0 nitrogen and oxygen atoms in total. The highest BCUT2D eigenvalue weighted by Crippen LogP contribution is 1.73. The maximum absolute atomic E-state index is 3.56. The van der Waals surface area contributed by atoms with Crippen LogP contribution in [-0.2, 0) is 0 Å². The minimum Gasteiger partial charge on any atom is -0.100 e. The SMILES string of the molecule is C=C(C)C.[HH]. The van der Waals surface area contributed by atoms with Crippen LogP contribution in [0.15, 0.2) is 12.2 Å². The molecule has 0 aromatic rings. The molecular weight excluding hydrogens is 48.0 g/mol. The average molecular weight is 58.1 g/mol. The van der Waals surface area contributed by atoms with Crippen LogP contribution in [0.2, 0.25) is 0 Å². The molecule has 0 unspecified atom stereocenters. The van der Waals surface area contributed by atoms with E-state index in [4.69, 9.17) is 0 Å². The van der Waals surface area contributed by atoms with Gasteiger partial charge in [-0.05, 0) is 13.8 Å². The Bertz CT molecular complexity index is 26.6. The predicted octanol–water partition coefficient (Wildman–Crippen LogP) is 1.83. The summed E-state index contributed by atoms with van der Waals surface area (Å²) in [6.45, 7) is 7.50. The number of allylic oxidation sites excluding steroid dienone is 1. The summed E-state index contributed by atoms with van der Waals surface area (Å²) in [7, 11) is 0. The fourth-order valence-corrected chi connectivity index (χ4v) is 0. The maximum atomic E-state index is 3.56. The molecule has 0 spiro atoms. The van der Waals surface area contributed by atoms with Crippen LogP contribution < -0.4 is 0 Å². The Labute approximate surface area is 28.6 Å². The highest BCUT2D eigenvalue weighted by molar-refractivity contribution is 4.78. The summed E-state index contributed by atoms with van der Waals surface area (Å²) in [5, 5.41) is 0. The molecule has 0 heterocycles. The Balaban J connectivity index is 0. The van der Waals surface area contributed by atoms with Crippen LogP contribution in [0.1, 0.15) is 15.3 Å². The standard InChI is InChI=1S/C4H8.H2/c1-4(2)3;/h1H2,2-3H3;1H. The van der Waals surface area contributed by atoms with Gasteiger partial charge in [-0.15, -0.1) is 6.58 Å². The van der Waals surface area contributed by atoms with Crippen molar-refractivity contribution in [3.8, 4) is 0 Å². The van der Waals surface area contributed by atoms with Crippen LogP contribution in [0.4, 0.5) is 0 Å². The van der Waals surface area contributed by atoms with Crippen molar-refractivity contribution < 1.29 is 1.43 Å². The van der Waals surface area contributed by atoms with Gasteiger partial charge in [-0.25, -0.2) is 0 Å². The molecule has 4 heavy (non-hydrogen) atoms. The molecule has 0 rings (SSSR count). The maximum Gasteiger partial charge on any atom is 0 e. The molecule has 0 atom stereocenters. The topological polar surface area (TPSA) is 0 Å². The first-order chi connectivity index (χ1) is 1.73. The van der Waals surface area contributed by atoms with E-state index in [9.17, 15) is 0 Å². The molecule has 26 valence electrons. The molecule has 0 bridgehead atoms. The second-order valence-corrected chi connectivity index (χ2v) is 1.21. The molecule has 0 aliphatic rings. The van der Waals surface area contributed by atoms with Gasteiger partial charge in [0.25, 0.3) is 0 Å². The van der Waals surface area contributed by atoms with E-state index >= 15 is 0 Å². The van der Waals surface area contributed by atoms with Crippen molar-refractivity contribution in [2.45, 2.75) is 13.8 Å². The van der Waals surface area contributed by atoms with Gasteiger partial charge in [0.1, 0.15) is 0 Å². The Kier molecular flexibility index (Phi) is 1.03. The zero-order chi connectivity index (χ0) is 3.58. The van der Waals surface area contributed by atoms with E-state index in [0.29, 0.717) is 0 Å². The van der Waals surface area contributed by atoms with Gasteiger partial charge in [0.15, 0.2) is 0 Å². The van der Waals surface area contributed by atoms with Crippen molar-refractivity contribution in [2.75, 3.05) is 0 Å². The van der Waals surface area contributed by atoms with E-state index in [0.717, 1.165) is 0 Å². The van der Waals surface area contributed by atoms with Gasteiger partial charge in [0, 0.05) is 1.43 Å². The third kappa shape index (κ3) is 14.1. The number of hydrogen-bond acceptors (Lipinski definition) is 0. The summed E-state index contributed by atoms with van der Waals surface area (Å²) in [5.41, 5.74) is 1.17. The molecule has 0 heteroatoms. The summed E-state index contributed by atoms with van der Waals surface area (Å²) in [6.07, 6.45) is 0. The van der Waals surface area contributed by atoms with Crippen molar-refractivity contribution >= 4 is 0 Å². The normalized spacial score (nSPS) is 6.50. The van der Waals surface area contributed by atoms with Crippen LogP contribution in [0.25, 0.3) is 0 Å². The fourth-order valence-electron chi connectivity index (χ4n) is 0. The van der Waals surface area contributed by atoms with E-state index in [1.54, 1.807) is 0 Å². The second-order valence-electron chi connectivity index (χ2n) is 1.21. The Hall–Kier alpha value is -0.260. The third-order valence-corrected chi connectivity index (χ3v) is 0. The van der Waals surface area contributed by atoms with E-state index in [1.165, 1.54) is 5.57 Å². The van der Waals surface area contributed by atoms with Crippen molar-refractivity contribution in [1.82, 2.24) is 0 Å².